The number of carbonyl (C=O) groups is 1. The van der Waals surface area contributed by atoms with Crippen molar-refractivity contribution in [2.45, 2.75) is 66.9 Å². The Morgan fingerprint density at radius 3 is 1.87 bits per heavy atom. The number of hydrogen-bond donors (Lipinski definition) is 0. The number of hydrogen-bond acceptors (Lipinski definition) is 2. The van der Waals surface area contributed by atoms with Gasteiger partial charge in [-0.25, -0.2) is 0 Å². The molecule has 0 heterocycles. The van der Waals surface area contributed by atoms with Crippen LogP contribution in [0.25, 0.3) is 0 Å². The fraction of sp³-hybridized carbons (Fsp3) is 0.923. The van der Waals surface area contributed by atoms with Gasteiger partial charge in [0.15, 0.2) is 0 Å². The zero-order chi connectivity index (χ0) is 12.3. The highest BCUT2D eigenvalue weighted by Crippen LogP contribution is 2.31. The van der Waals surface area contributed by atoms with E-state index in [9.17, 15) is 4.79 Å². The van der Waals surface area contributed by atoms with Crippen molar-refractivity contribution < 1.29 is 9.53 Å². The summed E-state index contributed by atoms with van der Waals surface area (Å²) in [5.41, 5.74) is -0.396. The van der Waals surface area contributed by atoms with E-state index in [-0.39, 0.29) is 22.9 Å². The summed E-state index contributed by atoms with van der Waals surface area (Å²) in [5, 5.41) is 0. The smallest absolute Gasteiger partial charge is 0.309 e. The largest absolute Gasteiger partial charge is 0.460 e. The maximum absolute atomic E-state index is 12.0. The summed E-state index contributed by atoms with van der Waals surface area (Å²) < 4.78 is 5.44. The molecule has 0 aliphatic heterocycles. The topological polar surface area (TPSA) is 26.3 Å². The SMILES string of the molecule is CCCC(C(=O)OC(C)(C)C)C(C)(C)C. The Kier molecular flexibility index (Phi) is 4.82. The number of esters is 1. The fourth-order valence-corrected chi connectivity index (χ4v) is 1.57. The Labute approximate surface area is 94.4 Å². The van der Waals surface area contributed by atoms with Gasteiger partial charge in [0.1, 0.15) is 5.60 Å². The van der Waals surface area contributed by atoms with Gasteiger partial charge in [-0.2, -0.15) is 0 Å². The summed E-state index contributed by atoms with van der Waals surface area (Å²) in [6.45, 7) is 14.1. The molecule has 0 aromatic rings. The normalized spacial score (nSPS) is 14.9. The lowest BCUT2D eigenvalue weighted by Crippen LogP contribution is -2.35. The second-order valence-electron chi connectivity index (χ2n) is 6.24. The van der Waals surface area contributed by atoms with Crippen LogP contribution in [-0.2, 0) is 9.53 Å². The molecule has 0 rings (SSSR count). The minimum absolute atomic E-state index is 0.00160. The molecule has 0 aliphatic carbocycles. The molecular formula is C13H26O2. The first kappa shape index (κ1) is 14.5. The van der Waals surface area contributed by atoms with E-state index in [0.29, 0.717) is 0 Å². The minimum Gasteiger partial charge on any atom is -0.460 e. The van der Waals surface area contributed by atoms with Crippen molar-refractivity contribution in [3.8, 4) is 0 Å². The van der Waals surface area contributed by atoms with E-state index < -0.39 is 0 Å². The van der Waals surface area contributed by atoms with Gasteiger partial charge in [0.25, 0.3) is 0 Å². The van der Waals surface area contributed by atoms with Crippen LogP contribution in [0.15, 0.2) is 0 Å². The Balaban J connectivity index is 4.58. The molecule has 2 nitrogen and oxygen atoms in total. The molecule has 0 saturated heterocycles. The van der Waals surface area contributed by atoms with Crippen molar-refractivity contribution in [2.24, 2.45) is 11.3 Å². The Bertz CT molecular complexity index is 206. The van der Waals surface area contributed by atoms with Crippen molar-refractivity contribution in [3.63, 3.8) is 0 Å². The molecule has 0 amide bonds. The first-order valence-electron chi connectivity index (χ1n) is 5.81. The Hall–Kier alpha value is -0.530. The van der Waals surface area contributed by atoms with E-state index in [0.717, 1.165) is 12.8 Å². The third-order valence-corrected chi connectivity index (χ3v) is 2.31. The summed E-state index contributed by atoms with van der Waals surface area (Å²) in [6.07, 6.45) is 1.92. The van der Waals surface area contributed by atoms with Crippen LogP contribution in [-0.4, -0.2) is 11.6 Å². The molecule has 0 radical (unpaired) electrons. The van der Waals surface area contributed by atoms with Gasteiger partial charge in [-0.1, -0.05) is 34.1 Å². The zero-order valence-corrected chi connectivity index (χ0v) is 11.3. The van der Waals surface area contributed by atoms with Crippen molar-refractivity contribution in [1.82, 2.24) is 0 Å². The first-order chi connectivity index (χ1) is 6.58. The molecule has 0 aromatic carbocycles. The molecule has 1 unspecified atom stereocenters. The van der Waals surface area contributed by atoms with E-state index in [1.54, 1.807) is 0 Å². The van der Waals surface area contributed by atoms with Gasteiger partial charge in [0, 0.05) is 0 Å². The fourth-order valence-electron chi connectivity index (χ4n) is 1.57. The molecule has 0 N–H and O–H groups in total. The molecule has 15 heavy (non-hydrogen) atoms. The number of carbonyl (C=O) groups excluding carboxylic acids is 1. The molecule has 2 heteroatoms. The highest BCUT2D eigenvalue weighted by molar-refractivity contribution is 5.73. The third-order valence-electron chi connectivity index (χ3n) is 2.31. The summed E-state index contributed by atoms with van der Waals surface area (Å²) in [6, 6.07) is 0. The molecule has 0 fully saturated rings. The van der Waals surface area contributed by atoms with Crippen LogP contribution in [0.2, 0.25) is 0 Å². The predicted molar refractivity (Wildman–Crippen MR) is 63.7 cm³/mol. The van der Waals surface area contributed by atoms with Crippen LogP contribution in [0, 0.1) is 11.3 Å². The van der Waals surface area contributed by atoms with Crippen LogP contribution in [0.5, 0.6) is 0 Å². The van der Waals surface area contributed by atoms with Crippen molar-refractivity contribution in [3.05, 3.63) is 0 Å². The number of ether oxygens (including phenoxy) is 1. The summed E-state index contributed by atoms with van der Waals surface area (Å²) >= 11 is 0. The average Bonchev–Trinajstić information content (AvgIpc) is 1.93. The standard InChI is InChI=1S/C13H26O2/c1-8-9-10(12(2,3)4)11(14)15-13(5,6)7/h10H,8-9H2,1-7H3. The maximum atomic E-state index is 12.0. The average molecular weight is 214 g/mol. The second kappa shape index (κ2) is 5.00. The van der Waals surface area contributed by atoms with E-state index in [4.69, 9.17) is 4.74 Å². The van der Waals surface area contributed by atoms with Crippen molar-refractivity contribution in [1.29, 1.82) is 0 Å². The maximum Gasteiger partial charge on any atom is 0.309 e. The van der Waals surface area contributed by atoms with Crippen LogP contribution < -0.4 is 0 Å². The Morgan fingerprint density at radius 1 is 1.13 bits per heavy atom. The summed E-state index contributed by atoms with van der Waals surface area (Å²) in [5.74, 6) is -0.0569. The monoisotopic (exact) mass is 214 g/mol. The van der Waals surface area contributed by atoms with Gasteiger partial charge in [-0.05, 0) is 32.6 Å². The predicted octanol–water partition coefficient (Wildman–Crippen LogP) is 3.79. The lowest BCUT2D eigenvalue weighted by Gasteiger charge is -2.31. The lowest BCUT2D eigenvalue weighted by molar-refractivity contribution is -0.164. The highest BCUT2D eigenvalue weighted by atomic mass is 16.6. The van der Waals surface area contributed by atoms with E-state index in [1.165, 1.54) is 0 Å². The molecule has 0 aliphatic rings. The third kappa shape index (κ3) is 5.81. The van der Waals surface area contributed by atoms with Gasteiger partial charge in [0.05, 0.1) is 5.92 Å². The minimum atomic E-state index is -0.381. The summed E-state index contributed by atoms with van der Waals surface area (Å²) in [7, 11) is 0. The molecular weight excluding hydrogens is 188 g/mol. The molecule has 90 valence electrons. The molecule has 0 saturated carbocycles. The van der Waals surface area contributed by atoms with E-state index >= 15 is 0 Å². The molecule has 1 atom stereocenters. The van der Waals surface area contributed by atoms with Gasteiger partial charge in [-0.15, -0.1) is 0 Å². The Morgan fingerprint density at radius 2 is 1.60 bits per heavy atom. The van der Waals surface area contributed by atoms with Crippen LogP contribution in [0.1, 0.15) is 61.3 Å². The van der Waals surface area contributed by atoms with Gasteiger partial charge in [-0.3, -0.25) is 4.79 Å². The van der Waals surface area contributed by atoms with E-state index in [2.05, 4.69) is 27.7 Å². The lowest BCUT2D eigenvalue weighted by atomic mass is 9.78. The van der Waals surface area contributed by atoms with E-state index in [1.807, 2.05) is 20.8 Å². The van der Waals surface area contributed by atoms with Gasteiger partial charge < -0.3 is 4.74 Å². The van der Waals surface area contributed by atoms with Crippen LogP contribution in [0.4, 0.5) is 0 Å². The van der Waals surface area contributed by atoms with Gasteiger partial charge >= 0.3 is 5.97 Å². The molecule has 0 aromatic heterocycles. The van der Waals surface area contributed by atoms with Crippen molar-refractivity contribution in [2.75, 3.05) is 0 Å². The zero-order valence-electron chi connectivity index (χ0n) is 11.3. The first-order valence-corrected chi connectivity index (χ1v) is 5.81. The molecule has 0 spiro atoms. The number of rotatable bonds is 3. The summed E-state index contributed by atoms with van der Waals surface area (Å²) in [4.78, 5) is 12.0. The van der Waals surface area contributed by atoms with Crippen molar-refractivity contribution >= 4 is 5.97 Å². The van der Waals surface area contributed by atoms with Crippen LogP contribution in [0.3, 0.4) is 0 Å². The van der Waals surface area contributed by atoms with Crippen LogP contribution >= 0.6 is 0 Å². The second-order valence-corrected chi connectivity index (χ2v) is 6.24. The molecule has 0 bridgehead atoms. The quantitative estimate of drug-likeness (QED) is 0.668. The van der Waals surface area contributed by atoms with Gasteiger partial charge in [0.2, 0.25) is 0 Å². The highest BCUT2D eigenvalue weighted by Gasteiger charge is 2.33.